The summed E-state index contributed by atoms with van der Waals surface area (Å²) in [6.07, 6.45) is 0.125. The summed E-state index contributed by atoms with van der Waals surface area (Å²) in [6, 6.07) is 5.64. The maximum atomic E-state index is 11.7. The maximum absolute atomic E-state index is 11.7. The summed E-state index contributed by atoms with van der Waals surface area (Å²) in [5.74, 6) is -0.227. The molecule has 0 aromatic carbocycles. The van der Waals surface area contributed by atoms with Crippen molar-refractivity contribution in [1.82, 2.24) is 15.5 Å². The lowest BCUT2D eigenvalue weighted by atomic mass is 10.2. The number of carbonyl (C=O) groups is 1. The Hall–Kier alpha value is -1.66. The SMILES string of the molecule is CC(O)CCNC(=O)c1cc(-c2cccs2)[nH]n1. The van der Waals surface area contributed by atoms with Gasteiger partial charge in [0, 0.05) is 6.54 Å². The molecule has 1 atom stereocenters. The number of aliphatic hydroxyl groups is 1. The van der Waals surface area contributed by atoms with Crippen LogP contribution >= 0.6 is 11.3 Å². The first-order chi connectivity index (χ1) is 8.66. The lowest BCUT2D eigenvalue weighted by Crippen LogP contribution is -2.26. The number of nitrogens with zero attached hydrogens (tertiary/aromatic N) is 1. The van der Waals surface area contributed by atoms with Gasteiger partial charge in [0.25, 0.3) is 5.91 Å². The number of aliphatic hydroxyl groups excluding tert-OH is 1. The van der Waals surface area contributed by atoms with Crippen molar-refractivity contribution < 1.29 is 9.90 Å². The van der Waals surface area contributed by atoms with E-state index >= 15 is 0 Å². The second-order valence-electron chi connectivity index (χ2n) is 4.04. The molecule has 0 aliphatic carbocycles. The first-order valence-electron chi connectivity index (χ1n) is 5.72. The molecule has 5 nitrogen and oxygen atoms in total. The van der Waals surface area contributed by atoms with Crippen molar-refractivity contribution in [3.05, 3.63) is 29.3 Å². The molecule has 2 heterocycles. The van der Waals surface area contributed by atoms with Crippen molar-refractivity contribution in [3.8, 4) is 10.6 Å². The molecule has 2 aromatic rings. The number of carbonyl (C=O) groups excluding carboxylic acids is 1. The highest BCUT2D eigenvalue weighted by molar-refractivity contribution is 7.13. The summed E-state index contributed by atoms with van der Waals surface area (Å²) < 4.78 is 0. The molecule has 2 aromatic heterocycles. The van der Waals surface area contributed by atoms with Crippen LogP contribution in [-0.2, 0) is 0 Å². The van der Waals surface area contributed by atoms with Crippen molar-refractivity contribution in [1.29, 1.82) is 0 Å². The molecule has 0 spiro atoms. The Kier molecular flexibility index (Phi) is 4.11. The third-order valence-corrected chi connectivity index (χ3v) is 3.35. The molecule has 2 rings (SSSR count). The Balaban J connectivity index is 1.95. The Labute approximate surface area is 109 Å². The highest BCUT2D eigenvalue weighted by atomic mass is 32.1. The predicted molar refractivity (Wildman–Crippen MR) is 70.5 cm³/mol. The highest BCUT2D eigenvalue weighted by Crippen LogP contribution is 2.22. The number of thiophene rings is 1. The molecule has 0 saturated carbocycles. The van der Waals surface area contributed by atoms with Gasteiger partial charge in [0.2, 0.25) is 0 Å². The monoisotopic (exact) mass is 265 g/mol. The van der Waals surface area contributed by atoms with Gasteiger partial charge in [0.05, 0.1) is 16.7 Å². The van der Waals surface area contributed by atoms with Gasteiger partial charge in [0.1, 0.15) is 0 Å². The fourth-order valence-corrected chi connectivity index (χ4v) is 2.17. The number of amides is 1. The molecule has 0 radical (unpaired) electrons. The van der Waals surface area contributed by atoms with E-state index in [4.69, 9.17) is 5.11 Å². The summed E-state index contributed by atoms with van der Waals surface area (Å²) >= 11 is 1.59. The van der Waals surface area contributed by atoms with Crippen LogP contribution in [0.25, 0.3) is 10.6 Å². The number of rotatable bonds is 5. The second kappa shape index (κ2) is 5.79. The number of hydrogen-bond acceptors (Lipinski definition) is 4. The average Bonchev–Trinajstić information content (AvgIpc) is 2.99. The van der Waals surface area contributed by atoms with Gasteiger partial charge in [-0.1, -0.05) is 6.07 Å². The van der Waals surface area contributed by atoms with Gasteiger partial charge in [-0.2, -0.15) is 5.10 Å². The van der Waals surface area contributed by atoms with E-state index in [0.29, 0.717) is 18.7 Å². The lowest BCUT2D eigenvalue weighted by Gasteiger charge is -2.04. The Morgan fingerprint density at radius 3 is 3.17 bits per heavy atom. The minimum absolute atomic E-state index is 0.227. The first-order valence-corrected chi connectivity index (χ1v) is 6.60. The zero-order chi connectivity index (χ0) is 13.0. The van der Waals surface area contributed by atoms with Crippen LogP contribution in [0.3, 0.4) is 0 Å². The Morgan fingerprint density at radius 2 is 2.50 bits per heavy atom. The normalized spacial score (nSPS) is 12.3. The average molecular weight is 265 g/mol. The molecule has 6 heteroatoms. The van der Waals surface area contributed by atoms with Crippen LogP contribution in [0.4, 0.5) is 0 Å². The molecule has 0 aliphatic rings. The molecular formula is C12H15N3O2S. The molecule has 1 amide bonds. The van der Waals surface area contributed by atoms with E-state index in [9.17, 15) is 4.79 Å². The van der Waals surface area contributed by atoms with Crippen LogP contribution in [-0.4, -0.2) is 33.9 Å². The minimum Gasteiger partial charge on any atom is -0.393 e. The topological polar surface area (TPSA) is 78.0 Å². The molecule has 96 valence electrons. The van der Waals surface area contributed by atoms with E-state index in [1.807, 2.05) is 17.5 Å². The van der Waals surface area contributed by atoms with Crippen LogP contribution in [0.2, 0.25) is 0 Å². The van der Waals surface area contributed by atoms with Crippen LogP contribution in [0.1, 0.15) is 23.8 Å². The number of nitrogens with one attached hydrogen (secondary N) is 2. The van der Waals surface area contributed by atoms with Crippen LogP contribution in [0.5, 0.6) is 0 Å². The van der Waals surface area contributed by atoms with Gasteiger partial charge in [0.15, 0.2) is 5.69 Å². The summed E-state index contributed by atoms with van der Waals surface area (Å²) in [5, 5.41) is 20.6. The van der Waals surface area contributed by atoms with E-state index in [-0.39, 0.29) is 5.91 Å². The molecule has 0 saturated heterocycles. The molecule has 18 heavy (non-hydrogen) atoms. The fraction of sp³-hybridized carbons (Fsp3) is 0.333. The Bertz CT molecular complexity index is 505. The number of aromatic amines is 1. The maximum Gasteiger partial charge on any atom is 0.271 e. The number of hydrogen-bond donors (Lipinski definition) is 3. The lowest BCUT2D eigenvalue weighted by molar-refractivity contribution is 0.0940. The first kappa shape index (κ1) is 12.8. The number of aromatic nitrogens is 2. The zero-order valence-corrected chi connectivity index (χ0v) is 10.8. The largest absolute Gasteiger partial charge is 0.393 e. The molecule has 0 fully saturated rings. The van der Waals surface area contributed by atoms with Gasteiger partial charge in [-0.15, -0.1) is 11.3 Å². The van der Waals surface area contributed by atoms with E-state index in [1.54, 1.807) is 24.3 Å². The molecule has 1 unspecified atom stereocenters. The van der Waals surface area contributed by atoms with Gasteiger partial charge >= 0.3 is 0 Å². The summed E-state index contributed by atoms with van der Waals surface area (Å²) in [7, 11) is 0. The van der Waals surface area contributed by atoms with Gasteiger partial charge < -0.3 is 10.4 Å². The minimum atomic E-state index is -0.411. The number of H-pyrrole nitrogens is 1. The summed E-state index contributed by atoms with van der Waals surface area (Å²) in [5.41, 5.74) is 1.20. The highest BCUT2D eigenvalue weighted by Gasteiger charge is 2.11. The summed E-state index contributed by atoms with van der Waals surface area (Å²) in [6.45, 7) is 2.13. The van der Waals surface area contributed by atoms with E-state index < -0.39 is 6.10 Å². The smallest absolute Gasteiger partial charge is 0.271 e. The van der Waals surface area contributed by atoms with Crippen molar-refractivity contribution in [2.45, 2.75) is 19.4 Å². The fourth-order valence-electron chi connectivity index (χ4n) is 1.48. The Morgan fingerprint density at radius 1 is 1.67 bits per heavy atom. The van der Waals surface area contributed by atoms with Crippen molar-refractivity contribution in [2.24, 2.45) is 0 Å². The van der Waals surface area contributed by atoms with Crippen LogP contribution in [0, 0.1) is 0 Å². The van der Waals surface area contributed by atoms with Gasteiger partial charge in [-0.05, 0) is 30.9 Å². The standard InChI is InChI=1S/C12H15N3O2S/c1-8(16)4-5-13-12(17)10-7-9(14-15-10)11-3-2-6-18-11/h2-3,6-8,16H,4-5H2,1H3,(H,13,17)(H,14,15). The van der Waals surface area contributed by atoms with E-state index in [0.717, 1.165) is 10.6 Å². The third-order valence-electron chi connectivity index (χ3n) is 2.44. The quantitative estimate of drug-likeness (QED) is 0.769. The van der Waals surface area contributed by atoms with E-state index in [2.05, 4.69) is 15.5 Å². The van der Waals surface area contributed by atoms with Crippen molar-refractivity contribution >= 4 is 17.2 Å². The van der Waals surface area contributed by atoms with Gasteiger partial charge in [-0.25, -0.2) is 0 Å². The molecule has 0 aliphatic heterocycles. The molecular weight excluding hydrogens is 250 g/mol. The van der Waals surface area contributed by atoms with E-state index in [1.165, 1.54) is 0 Å². The molecule has 3 N–H and O–H groups in total. The van der Waals surface area contributed by atoms with Crippen LogP contribution in [0.15, 0.2) is 23.6 Å². The zero-order valence-electron chi connectivity index (χ0n) is 10.0. The second-order valence-corrected chi connectivity index (χ2v) is 4.99. The van der Waals surface area contributed by atoms with Gasteiger partial charge in [-0.3, -0.25) is 9.89 Å². The van der Waals surface area contributed by atoms with Crippen molar-refractivity contribution in [2.75, 3.05) is 6.54 Å². The van der Waals surface area contributed by atoms with Crippen molar-refractivity contribution in [3.63, 3.8) is 0 Å². The third kappa shape index (κ3) is 3.18. The van der Waals surface area contributed by atoms with Crippen LogP contribution < -0.4 is 5.32 Å². The summed E-state index contributed by atoms with van der Waals surface area (Å²) in [4.78, 5) is 12.8. The predicted octanol–water partition coefficient (Wildman–Crippen LogP) is 1.64. The molecule has 0 bridgehead atoms.